The van der Waals surface area contributed by atoms with Crippen LogP contribution in [0.5, 0.6) is 17.4 Å². The van der Waals surface area contributed by atoms with E-state index in [1.807, 2.05) is 0 Å². The van der Waals surface area contributed by atoms with Gasteiger partial charge in [0.25, 0.3) is 5.91 Å². The smallest absolute Gasteiger partial charge is 0.321 e. The minimum atomic E-state index is -0.246. The second kappa shape index (κ2) is 9.34. The van der Waals surface area contributed by atoms with Gasteiger partial charge in [-0.3, -0.25) is 4.79 Å². The summed E-state index contributed by atoms with van der Waals surface area (Å²) in [7, 11) is 6.45. The monoisotopic (exact) mass is 414 g/mol. The third-order valence-electron chi connectivity index (χ3n) is 4.75. The number of carbonyl (C=O) groups is 2. The summed E-state index contributed by atoms with van der Waals surface area (Å²) in [4.78, 5) is 32.3. The maximum Gasteiger partial charge on any atom is 0.321 e. The number of rotatable bonds is 6. The Morgan fingerprint density at radius 1 is 1.17 bits per heavy atom. The van der Waals surface area contributed by atoms with Gasteiger partial charge in [-0.05, 0) is 24.3 Å². The van der Waals surface area contributed by atoms with E-state index in [9.17, 15) is 9.59 Å². The number of ether oxygens (including phenoxy) is 3. The van der Waals surface area contributed by atoms with Gasteiger partial charge in [-0.1, -0.05) is 0 Å². The van der Waals surface area contributed by atoms with Crippen molar-refractivity contribution in [3.05, 3.63) is 42.1 Å². The van der Waals surface area contributed by atoms with E-state index in [0.29, 0.717) is 42.3 Å². The van der Waals surface area contributed by atoms with E-state index < -0.39 is 0 Å². The van der Waals surface area contributed by atoms with E-state index in [-0.39, 0.29) is 23.9 Å². The second-order valence-electron chi connectivity index (χ2n) is 7.03. The van der Waals surface area contributed by atoms with Crippen molar-refractivity contribution in [2.24, 2.45) is 0 Å². The molecule has 1 fully saturated rings. The summed E-state index contributed by atoms with van der Waals surface area (Å²) in [6.45, 7) is 0.929. The fraction of sp³-hybridized carbons (Fsp3) is 0.381. The van der Waals surface area contributed by atoms with Gasteiger partial charge in [0.2, 0.25) is 5.88 Å². The summed E-state index contributed by atoms with van der Waals surface area (Å²) in [5.41, 5.74) is 1.00. The Balaban J connectivity index is 1.62. The Kier molecular flexibility index (Phi) is 6.61. The van der Waals surface area contributed by atoms with Crippen molar-refractivity contribution in [3.63, 3.8) is 0 Å². The van der Waals surface area contributed by atoms with Crippen molar-refractivity contribution in [3.8, 4) is 17.4 Å². The van der Waals surface area contributed by atoms with Crippen LogP contribution >= 0.6 is 0 Å². The number of aromatic nitrogens is 1. The van der Waals surface area contributed by atoms with Crippen LogP contribution in [-0.4, -0.2) is 74.2 Å². The number of amides is 3. The first-order valence-electron chi connectivity index (χ1n) is 9.54. The number of methoxy groups -OCH3 is 2. The molecule has 9 nitrogen and oxygen atoms in total. The Morgan fingerprint density at radius 3 is 2.63 bits per heavy atom. The molecule has 9 heteroatoms. The van der Waals surface area contributed by atoms with Gasteiger partial charge in [0, 0.05) is 45.0 Å². The number of anilines is 1. The first-order chi connectivity index (χ1) is 14.4. The molecule has 1 aromatic carbocycles. The number of urea groups is 1. The van der Waals surface area contributed by atoms with Crippen LogP contribution in [0.2, 0.25) is 0 Å². The highest BCUT2D eigenvalue weighted by molar-refractivity contribution is 5.96. The van der Waals surface area contributed by atoms with Crippen molar-refractivity contribution >= 4 is 17.6 Å². The maximum absolute atomic E-state index is 12.6. The number of hydrogen-bond acceptors (Lipinski definition) is 6. The van der Waals surface area contributed by atoms with E-state index in [4.69, 9.17) is 14.2 Å². The predicted octanol–water partition coefficient (Wildman–Crippen LogP) is 2.49. The van der Waals surface area contributed by atoms with Crippen molar-refractivity contribution in [2.45, 2.75) is 12.5 Å². The number of benzene rings is 1. The maximum atomic E-state index is 12.6. The molecular weight excluding hydrogens is 388 g/mol. The molecule has 0 spiro atoms. The van der Waals surface area contributed by atoms with Crippen molar-refractivity contribution in [1.29, 1.82) is 0 Å². The number of carbonyl (C=O) groups excluding carboxylic acids is 2. The molecule has 3 amide bonds. The van der Waals surface area contributed by atoms with Gasteiger partial charge in [0.1, 0.15) is 11.7 Å². The molecule has 160 valence electrons. The van der Waals surface area contributed by atoms with Crippen molar-refractivity contribution in [2.75, 3.05) is 46.7 Å². The number of likely N-dealkylation sites (tertiary alicyclic amines) is 1. The Hall–Kier alpha value is -3.49. The predicted molar refractivity (Wildman–Crippen MR) is 111 cm³/mol. The average Bonchev–Trinajstić information content (AvgIpc) is 3.22. The van der Waals surface area contributed by atoms with Gasteiger partial charge in [0.05, 0.1) is 20.8 Å². The summed E-state index contributed by atoms with van der Waals surface area (Å²) in [6, 6.07) is 8.32. The zero-order valence-electron chi connectivity index (χ0n) is 17.5. The van der Waals surface area contributed by atoms with E-state index in [0.717, 1.165) is 0 Å². The molecule has 0 aliphatic carbocycles. The van der Waals surface area contributed by atoms with Gasteiger partial charge < -0.3 is 29.3 Å². The first-order valence-corrected chi connectivity index (χ1v) is 9.54. The molecule has 1 atom stereocenters. The average molecular weight is 414 g/mol. The highest BCUT2D eigenvalue weighted by Gasteiger charge is 2.29. The number of nitrogens with zero attached hydrogens (tertiary/aromatic N) is 3. The molecule has 3 rings (SSSR count). The fourth-order valence-corrected chi connectivity index (χ4v) is 3.17. The lowest BCUT2D eigenvalue weighted by molar-refractivity contribution is 0.0818. The molecule has 0 radical (unpaired) electrons. The fourth-order valence-electron chi connectivity index (χ4n) is 3.17. The lowest BCUT2D eigenvalue weighted by Gasteiger charge is -2.19. The van der Waals surface area contributed by atoms with E-state index in [1.165, 1.54) is 4.90 Å². The Labute approximate surface area is 175 Å². The Morgan fingerprint density at radius 2 is 1.93 bits per heavy atom. The zero-order valence-corrected chi connectivity index (χ0v) is 17.5. The van der Waals surface area contributed by atoms with E-state index in [1.54, 1.807) is 69.7 Å². The standard InChI is InChI=1S/C21H26N4O5/c1-24(2)20(26)16-6-5-10-22-19(16)30-15-9-11-25(13-15)21(27)23-14-7-8-17(28-3)18(12-14)29-4/h5-8,10,12,15H,9,11,13H2,1-4H3,(H,23,27). The normalized spacial score (nSPS) is 15.5. The van der Waals surface area contributed by atoms with E-state index in [2.05, 4.69) is 10.3 Å². The second-order valence-corrected chi connectivity index (χ2v) is 7.03. The van der Waals surface area contributed by atoms with Crippen molar-refractivity contribution < 1.29 is 23.8 Å². The molecule has 1 aliphatic rings. The van der Waals surface area contributed by atoms with Crippen LogP contribution in [-0.2, 0) is 0 Å². The molecule has 0 bridgehead atoms. The third-order valence-corrected chi connectivity index (χ3v) is 4.75. The van der Waals surface area contributed by atoms with Crippen LogP contribution in [0.25, 0.3) is 0 Å². The lowest BCUT2D eigenvalue weighted by atomic mass is 10.2. The quantitative estimate of drug-likeness (QED) is 0.781. The van der Waals surface area contributed by atoms with Crippen LogP contribution < -0.4 is 19.5 Å². The van der Waals surface area contributed by atoms with Crippen LogP contribution in [0.15, 0.2) is 36.5 Å². The Bertz CT molecular complexity index is 918. The SMILES string of the molecule is COc1ccc(NC(=O)N2CCC(Oc3ncccc3C(=O)N(C)C)C2)cc1OC. The summed E-state index contributed by atoms with van der Waals surface area (Å²) in [5.74, 6) is 1.22. The van der Waals surface area contributed by atoms with Gasteiger partial charge in [-0.2, -0.15) is 0 Å². The third kappa shape index (κ3) is 4.73. The van der Waals surface area contributed by atoms with Gasteiger partial charge in [-0.25, -0.2) is 9.78 Å². The molecule has 1 aliphatic heterocycles. The molecular formula is C21H26N4O5. The summed E-state index contributed by atoms with van der Waals surface area (Å²) in [6.07, 6.45) is 1.98. The number of pyridine rings is 1. The molecule has 1 aromatic heterocycles. The minimum Gasteiger partial charge on any atom is -0.493 e. The van der Waals surface area contributed by atoms with Crippen molar-refractivity contribution in [1.82, 2.24) is 14.8 Å². The molecule has 2 heterocycles. The topological polar surface area (TPSA) is 93.2 Å². The van der Waals surface area contributed by atoms with E-state index >= 15 is 0 Å². The molecule has 1 saturated heterocycles. The van der Waals surface area contributed by atoms with Crippen LogP contribution in [0.1, 0.15) is 16.8 Å². The molecule has 0 saturated carbocycles. The highest BCUT2D eigenvalue weighted by atomic mass is 16.5. The lowest BCUT2D eigenvalue weighted by Crippen LogP contribution is -2.34. The first kappa shape index (κ1) is 21.2. The van der Waals surface area contributed by atoms with Gasteiger partial charge >= 0.3 is 6.03 Å². The molecule has 1 unspecified atom stereocenters. The summed E-state index contributed by atoms with van der Waals surface area (Å²) >= 11 is 0. The molecule has 1 N–H and O–H groups in total. The number of nitrogens with one attached hydrogen (secondary N) is 1. The van der Waals surface area contributed by atoms with Crippen LogP contribution in [0.4, 0.5) is 10.5 Å². The minimum absolute atomic E-state index is 0.181. The summed E-state index contributed by atoms with van der Waals surface area (Å²) in [5, 5.41) is 2.86. The van der Waals surface area contributed by atoms with Gasteiger partial charge in [-0.15, -0.1) is 0 Å². The largest absolute Gasteiger partial charge is 0.493 e. The van der Waals surface area contributed by atoms with Crippen LogP contribution in [0, 0.1) is 0 Å². The highest BCUT2D eigenvalue weighted by Crippen LogP contribution is 2.30. The van der Waals surface area contributed by atoms with Gasteiger partial charge in [0.15, 0.2) is 11.5 Å². The molecule has 30 heavy (non-hydrogen) atoms. The number of hydrogen-bond donors (Lipinski definition) is 1. The zero-order chi connectivity index (χ0) is 21.7. The summed E-state index contributed by atoms with van der Waals surface area (Å²) < 4.78 is 16.4. The van der Waals surface area contributed by atoms with Crippen LogP contribution in [0.3, 0.4) is 0 Å². The molecule has 2 aromatic rings.